The number of nitrogens with zero attached hydrogens (tertiary/aromatic N) is 1. The molecular formula is C19H20FN2O5P. The van der Waals surface area contributed by atoms with Crippen LogP contribution in [0.2, 0.25) is 0 Å². The Balaban J connectivity index is 1.83. The van der Waals surface area contributed by atoms with Crippen LogP contribution in [-0.4, -0.2) is 23.5 Å². The lowest BCUT2D eigenvalue weighted by molar-refractivity contribution is -0.105. The van der Waals surface area contributed by atoms with Gasteiger partial charge in [-0.15, -0.1) is 0 Å². The van der Waals surface area contributed by atoms with Crippen molar-refractivity contribution in [3.05, 3.63) is 59.4 Å². The first-order valence-corrected chi connectivity index (χ1v) is 10.5. The van der Waals surface area contributed by atoms with Crippen molar-refractivity contribution in [1.82, 2.24) is 0 Å². The van der Waals surface area contributed by atoms with E-state index in [0.717, 1.165) is 0 Å². The first-order chi connectivity index (χ1) is 13.1. The first kappa shape index (κ1) is 20.3. The number of hydrogen-bond donors (Lipinski definition) is 2. The topological polar surface area (TPSA) is 101 Å². The lowest BCUT2D eigenvalue weighted by atomic mass is 9.88. The van der Waals surface area contributed by atoms with E-state index in [9.17, 15) is 14.1 Å². The van der Waals surface area contributed by atoms with Crippen molar-refractivity contribution >= 4 is 13.3 Å². The van der Waals surface area contributed by atoms with E-state index < -0.39 is 31.2 Å². The van der Waals surface area contributed by atoms with Crippen LogP contribution in [0, 0.1) is 17.1 Å². The van der Waals surface area contributed by atoms with Gasteiger partial charge in [0.25, 0.3) is 0 Å². The smallest absolute Gasteiger partial charge is 0.349 e. The van der Waals surface area contributed by atoms with Crippen molar-refractivity contribution < 1.29 is 27.9 Å². The molecule has 3 atom stereocenters. The first-order valence-electron chi connectivity index (χ1n) is 8.48. The molecule has 28 heavy (non-hydrogen) atoms. The van der Waals surface area contributed by atoms with Crippen LogP contribution in [0.15, 0.2) is 42.5 Å². The highest BCUT2D eigenvalue weighted by atomic mass is 31.2. The van der Waals surface area contributed by atoms with Gasteiger partial charge in [0.1, 0.15) is 29.4 Å². The molecule has 0 aliphatic carbocycles. The minimum Gasteiger partial charge on any atom is -0.485 e. The Morgan fingerprint density at radius 1 is 1.29 bits per heavy atom. The van der Waals surface area contributed by atoms with Crippen molar-refractivity contribution in [2.75, 3.05) is 12.1 Å². The molecule has 148 valence electrons. The van der Waals surface area contributed by atoms with Gasteiger partial charge in [-0.3, -0.25) is 14.6 Å². The van der Waals surface area contributed by atoms with Crippen molar-refractivity contribution in [2.24, 2.45) is 0 Å². The molecule has 2 N–H and O–H groups in total. The summed E-state index contributed by atoms with van der Waals surface area (Å²) in [5.74, 6) is 0.00439. The van der Waals surface area contributed by atoms with Crippen LogP contribution >= 0.6 is 7.60 Å². The maximum Gasteiger partial charge on any atom is 0.349 e. The lowest BCUT2D eigenvalue weighted by Crippen LogP contribution is -2.49. The third kappa shape index (κ3) is 4.34. The summed E-state index contributed by atoms with van der Waals surface area (Å²) in [6.45, 7) is 4.59. The molecule has 0 amide bonds. The normalized spacial score (nSPS) is 22.3. The second kappa shape index (κ2) is 7.53. The molecule has 2 aromatic rings. The van der Waals surface area contributed by atoms with Crippen LogP contribution in [0.25, 0.3) is 0 Å². The summed E-state index contributed by atoms with van der Waals surface area (Å²) in [6, 6.07) is 12.0. The fourth-order valence-corrected chi connectivity index (χ4v) is 3.76. The molecule has 3 rings (SSSR count). The van der Waals surface area contributed by atoms with E-state index in [0.29, 0.717) is 22.6 Å². The van der Waals surface area contributed by atoms with E-state index in [-0.39, 0.29) is 0 Å². The zero-order valence-corrected chi connectivity index (χ0v) is 16.4. The molecule has 0 radical (unpaired) electrons. The number of nitriles is 1. The van der Waals surface area contributed by atoms with Crippen LogP contribution in [-0.2, 0) is 13.7 Å². The molecule has 1 heterocycles. The third-order valence-corrected chi connectivity index (χ3v) is 5.33. The van der Waals surface area contributed by atoms with Gasteiger partial charge in [0.2, 0.25) is 0 Å². The Morgan fingerprint density at radius 2 is 1.96 bits per heavy atom. The number of ether oxygens (including phenoxy) is 1. The average molecular weight is 406 g/mol. The van der Waals surface area contributed by atoms with Gasteiger partial charge in [-0.05, 0) is 56.3 Å². The Morgan fingerprint density at radius 3 is 2.61 bits per heavy atom. The maximum absolute atomic E-state index is 13.0. The van der Waals surface area contributed by atoms with Crippen LogP contribution in [0.5, 0.6) is 5.75 Å². The zero-order chi connectivity index (χ0) is 20.5. The van der Waals surface area contributed by atoms with Gasteiger partial charge in [-0.1, -0.05) is 0 Å². The van der Waals surface area contributed by atoms with Crippen molar-refractivity contribution in [3.63, 3.8) is 0 Å². The molecule has 7 nitrogen and oxygen atoms in total. The largest absolute Gasteiger partial charge is 0.485 e. The van der Waals surface area contributed by atoms with Crippen molar-refractivity contribution in [1.29, 1.82) is 5.26 Å². The molecule has 9 heteroatoms. The average Bonchev–Trinajstić information content (AvgIpc) is 2.64. The third-order valence-electron chi connectivity index (χ3n) is 4.30. The molecule has 0 saturated carbocycles. The maximum atomic E-state index is 13.0. The number of aliphatic hydroxyl groups excluding tert-OH is 1. The van der Waals surface area contributed by atoms with Crippen LogP contribution in [0.4, 0.5) is 10.1 Å². The summed E-state index contributed by atoms with van der Waals surface area (Å²) >= 11 is 0. The second-order valence-electron chi connectivity index (χ2n) is 7.01. The molecule has 0 spiro atoms. The number of aliphatic hydroxyl groups is 1. The lowest BCUT2D eigenvalue weighted by Gasteiger charge is -2.42. The number of anilines is 1. The fraction of sp³-hybridized carbons (Fsp3) is 0.316. The Labute approximate surface area is 162 Å². The van der Waals surface area contributed by atoms with Crippen molar-refractivity contribution in [3.8, 4) is 11.8 Å². The summed E-state index contributed by atoms with van der Waals surface area (Å²) in [7, 11) is -3.71. The van der Waals surface area contributed by atoms with Gasteiger partial charge < -0.3 is 9.84 Å². The summed E-state index contributed by atoms with van der Waals surface area (Å²) in [6.07, 6.45) is -2.21. The minimum atomic E-state index is -3.71. The van der Waals surface area contributed by atoms with Gasteiger partial charge in [0, 0.05) is 12.2 Å². The van der Waals surface area contributed by atoms with Gasteiger partial charge in [0.05, 0.1) is 17.3 Å². The van der Waals surface area contributed by atoms with Crippen molar-refractivity contribution in [2.45, 2.75) is 31.7 Å². The molecule has 0 fully saturated rings. The molecule has 0 saturated heterocycles. The fourth-order valence-electron chi connectivity index (χ4n) is 2.81. The highest BCUT2D eigenvalue weighted by Gasteiger charge is 2.46. The standard InChI is InChI=1S/C19H20FN2O5P/c1-19(2)18(23)17(15-10-12(11-21)4-9-16(15)25-19)26-28(3,24)27-22-14-7-5-13(20)6-8-14/h4-10,17-18,22-23H,1-3H3. The van der Waals surface area contributed by atoms with E-state index in [4.69, 9.17) is 19.1 Å². The number of fused-ring (bicyclic) bond motifs is 1. The molecule has 0 bridgehead atoms. The number of nitrogens with one attached hydrogen (secondary N) is 1. The zero-order valence-electron chi connectivity index (χ0n) is 15.5. The molecule has 3 unspecified atom stereocenters. The predicted octanol–water partition coefficient (Wildman–Crippen LogP) is 4.15. The van der Waals surface area contributed by atoms with E-state index >= 15 is 0 Å². The number of halogens is 1. The number of rotatable bonds is 5. The summed E-state index contributed by atoms with van der Waals surface area (Å²) in [5, 5.41) is 19.9. The highest BCUT2D eigenvalue weighted by molar-refractivity contribution is 7.53. The predicted molar refractivity (Wildman–Crippen MR) is 100 cm³/mol. The molecule has 1 aliphatic heterocycles. The summed E-state index contributed by atoms with van der Waals surface area (Å²) < 4.78 is 42.5. The summed E-state index contributed by atoms with van der Waals surface area (Å²) in [4.78, 5) is 0. The minimum absolute atomic E-state index is 0.346. The number of hydrogen-bond acceptors (Lipinski definition) is 7. The van der Waals surface area contributed by atoms with E-state index in [1.165, 1.54) is 37.0 Å². The second-order valence-corrected chi connectivity index (χ2v) is 8.95. The number of benzene rings is 2. The summed E-state index contributed by atoms with van der Waals surface area (Å²) in [5.41, 5.74) is 2.58. The Kier molecular flexibility index (Phi) is 5.46. The van der Waals surface area contributed by atoms with Crippen LogP contribution in [0.3, 0.4) is 0 Å². The van der Waals surface area contributed by atoms with E-state index in [1.54, 1.807) is 26.0 Å². The van der Waals surface area contributed by atoms with Gasteiger partial charge in [-0.25, -0.2) is 4.39 Å². The monoisotopic (exact) mass is 406 g/mol. The van der Waals surface area contributed by atoms with Gasteiger partial charge in [0.15, 0.2) is 0 Å². The molecule has 2 aromatic carbocycles. The van der Waals surface area contributed by atoms with Gasteiger partial charge in [-0.2, -0.15) is 9.89 Å². The quantitative estimate of drug-likeness (QED) is 0.568. The van der Waals surface area contributed by atoms with Gasteiger partial charge >= 0.3 is 7.60 Å². The van der Waals surface area contributed by atoms with E-state index in [1.807, 2.05) is 6.07 Å². The molecule has 0 aromatic heterocycles. The van der Waals surface area contributed by atoms with E-state index in [2.05, 4.69) is 5.48 Å². The molecule has 1 aliphatic rings. The Hall–Kier alpha value is -2.43. The SMILES string of the molecule is CC1(C)Oc2ccc(C#N)cc2C(OP(C)(=O)ONc2ccc(F)cc2)C1O. The highest BCUT2D eigenvalue weighted by Crippen LogP contribution is 2.53. The van der Waals surface area contributed by atoms with Crippen LogP contribution < -0.4 is 10.2 Å². The Bertz CT molecular complexity index is 958. The van der Waals surface area contributed by atoms with Crippen LogP contribution in [0.1, 0.15) is 31.1 Å². The molecular weight excluding hydrogens is 386 g/mol.